The average Bonchev–Trinajstić information content (AvgIpc) is 2.35. The maximum absolute atomic E-state index is 5.02. The van der Waals surface area contributed by atoms with Crippen LogP contribution in [0.3, 0.4) is 0 Å². The zero-order chi connectivity index (χ0) is 12.9. The van der Waals surface area contributed by atoms with Gasteiger partial charge in [0.15, 0.2) is 5.96 Å². The van der Waals surface area contributed by atoms with E-state index in [0.717, 1.165) is 38.6 Å². The van der Waals surface area contributed by atoms with Crippen molar-refractivity contribution in [3.05, 3.63) is 0 Å². The van der Waals surface area contributed by atoms with Crippen LogP contribution in [-0.2, 0) is 4.74 Å². The van der Waals surface area contributed by atoms with E-state index in [4.69, 9.17) is 4.74 Å². The fourth-order valence-electron chi connectivity index (χ4n) is 1.53. The van der Waals surface area contributed by atoms with Crippen molar-refractivity contribution in [1.29, 1.82) is 0 Å². The highest BCUT2D eigenvalue weighted by atomic mass is 16.5. The number of nitrogens with one attached hydrogen (secondary N) is 2. The Balaban J connectivity index is 3.97. The molecular weight excluding hydrogens is 214 g/mol. The number of ether oxygens (including phenoxy) is 1. The van der Waals surface area contributed by atoms with Gasteiger partial charge in [0.05, 0.1) is 0 Å². The molecule has 102 valence electrons. The van der Waals surface area contributed by atoms with Gasteiger partial charge >= 0.3 is 0 Å². The van der Waals surface area contributed by atoms with Crippen molar-refractivity contribution in [3.63, 3.8) is 0 Å². The molecule has 0 spiro atoms. The molecule has 0 aliphatic carbocycles. The first kappa shape index (κ1) is 16.2. The van der Waals surface area contributed by atoms with Crippen LogP contribution in [0.25, 0.3) is 0 Å². The maximum atomic E-state index is 5.02. The predicted octanol–water partition coefficient (Wildman–Crippen LogP) is 2.01. The van der Waals surface area contributed by atoms with E-state index in [2.05, 4.69) is 36.4 Å². The molecule has 0 bridgehead atoms. The van der Waals surface area contributed by atoms with Crippen molar-refractivity contribution in [1.82, 2.24) is 10.6 Å². The number of nitrogens with zero attached hydrogens (tertiary/aromatic N) is 1. The van der Waals surface area contributed by atoms with Gasteiger partial charge in [-0.1, -0.05) is 26.7 Å². The van der Waals surface area contributed by atoms with E-state index in [1.807, 2.05) is 0 Å². The first-order valence-corrected chi connectivity index (χ1v) is 6.79. The summed E-state index contributed by atoms with van der Waals surface area (Å²) >= 11 is 0. The molecule has 0 amide bonds. The van der Waals surface area contributed by atoms with Crippen LogP contribution < -0.4 is 10.6 Å². The second-order valence-corrected chi connectivity index (χ2v) is 4.18. The highest BCUT2D eigenvalue weighted by molar-refractivity contribution is 5.79. The molecule has 0 radical (unpaired) electrons. The lowest BCUT2D eigenvalue weighted by molar-refractivity contribution is 0.195. The molecule has 4 heteroatoms. The molecule has 0 rings (SSSR count). The van der Waals surface area contributed by atoms with Gasteiger partial charge in [0, 0.05) is 33.4 Å². The van der Waals surface area contributed by atoms with Crippen LogP contribution in [0.2, 0.25) is 0 Å². The van der Waals surface area contributed by atoms with Gasteiger partial charge < -0.3 is 15.4 Å². The number of rotatable bonds is 9. The summed E-state index contributed by atoms with van der Waals surface area (Å²) in [5.74, 6) is 1.62. The zero-order valence-corrected chi connectivity index (χ0v) is 11.9. The lowest BCUT2D eigenvalue weighted by Crippen LogP contribution is -2.38. The van der Waals surface area contributed by atoms with Gasteiger partial charge in [0.25, 0.3) is 0 Å². The molecule has 0 aliphatic heterocycles. The summed E-state index contributed by atoms with van der Waals surface area (Å²) in [4.78, 5) is 4.61. The highest BCUT2D eigenvalue weighted by Gasteiger charge is 2.03. The van der Waals surface area contributed by atoms with Gasteiger partial charge in [-0.3, -0.25) is 4.99 Å². The lowest BCUT2D eigenvalue weighted by atomic mass is 10.0. The zero-order valence-electron chi connectivity index (χ0n) is 11.9. The van der Waals surface area contributed by atoms with E-state index in [-0.39, 0.29) is 0 Å². The van der Waals surface area contributed by atoms with Crippen LogP contribution in [0.4, 0.5) is 0 Å². The van der Waals surface area contributed by atoms with Crippen LogP contribution in [0.15, 0.2) is 4.99 Å². The molecule has 0 saturated carbocycles. The summed E-state index contributed by atoms with van der Waals surface area (Å²) in [6.07, 6.45) is 3.40. The Bertz CT molecular complexity index is 191. The highest BCUT2D eigenvalue weighted by Crippen LogP contribution is 2.06. The van der Waals surface area contributed by atoms with Crippen LogP contribution >= 0.6 is 0 Å². The SMILES string of the molecule is CCNC(=NCC(CC)CC)NCCCOC. The quantitative estimate of drug-likeness (QED) is 0.370. The van der Waals surface area contributed by atoms with Gasteiger partial charge in [0.1, 0.15) is 0 Å². The molecule has 4 nitrogen and oxygen atoms in total. The van der Waals surface area contributed by atoms with Crippen LogP contribution in [0.1, 0.15) is 40.0 Å². The molecule has 0 fully saturated rings. The second-order valence-electron chi connectivity index (χ2n) is 4.18. The van der Waals surface area contributed by atoms with E-state index < -0.39 is 0 Å². The van der Waals surface area contributed by atoms with Crippen molar-refractivity contribution in [2.75, 3.05) is 33.4 Å². The summed E-state index contributed by atoms with van der Waals surface area (Å²) in [7, 11) is 1.73. The van der Waals surface area contributed by atoms with Crippen molar-refractivity contribution in [2.24, 2.45) is 10.9 Å². The minimum Gasteiger partial charge on any atom is -0.385 e. The molecule has 2 N–H and O–H groups in total. The largest absolute Gasteiger partial charge is 0.385 e. The molecule has 0 heterocycles. The third kappa shape index (κ3) is 8.98. The minimum atomic E-state index is 0.699. The first-order chi connectivity index (χ1) is 8.28. The number of guanidine groups is 1. The van der Waals surface area contributed by atoms with Gasteiger partial charge in [0.2, 0.25) is 0 Å². The average molecular weight is 243 g/mol. The normalized spacial score (nSPS) is 11.9. The summed E-state index contributed by atoms with van der Waals surface area (Å²) in [6, 6.07) is 0. The Kier molecular flexibility index (Phi) is 11.2. The second kappa shape index (κ2) is 11.7. The fourth-order valence-corrected chi connectivity index (χ4v) is 1.53. The number of methoxy groups -OCH3 is 1. The lowest BCUT2D eigenvalue weighted by Gasteiger charge is -2.13. The van der Waals surface area contributed by atoms with Crippen LogP contribution in [-0.4, -0.2) is 39.3 Å². The molecule has 17 heavy (non-hydrogen) atoms. The van der Waals surface area contributed by atoms with Crippen molar-refractivity contribution < 1.29 is 4.74 Å². The van der Waals surface area contributed by atoms with Gasteiger partial charge in [-0.15, -0.1) is 0 Å². The molecule has 0 aromatic carbocycles. The number of hydrogen-bond acceptors (Lipinski definition) is 2. The smallest absolute Gasteiger partial charge is 0.191 e. The molecule has 0 saturated heterocycles. The standard InChI is InChI=1S/C13H29N3O/c1-5-12(6-2)11-16-13(14-7-3)15-9-8-10-17-4/h12H,5-11H2,1-4H3,(H2,14,15,16). The third-order valence-electron chi connectivity index (χ3n) is 2.82. The van der Waals surface area contributed by atoms with Crippen molar-refractivity contribution in [3.8, 4) is 0 Å². The molecule has 0 aromatic rings. The monoisotopic (exact) mass is 243 g/mol. The van der Waals surface area contributed by atoms with Crippen molar-refractivity contribution in [2.45, 2.75) is 40.0 Å². The Morgan fingerprint density at radius 2 is 1.88 bits per heavy atom. The van der Waals surface area contributed by atoms with Crippen LogP contribution in [0.5, 0.6) is 0 Å². The summed E-state index contributed by atoms with van der Waals surface area (Å²) in [6.45, 7) is 10.0. The van der Waals surface area contributed by atoms with Crippen molar-refractivity contribution >= 4 is 5.96 Å². The topological polar surface area (TPSA) is 45.7 Å². The number of hydrogen-bond donors (Lipinski definition) is 2. The number of aliphatic imine (C=N–C) groups is 1. The predicted molar refractivity (Wildman–Crippen MR) is 74.5 cm³/mol. The maximum Gasteiger partial charge on any atom is 0.191 e. The summed E-state index contributed by atoms with van der Waals surface area (Å²) in [5.41, 5.74) is 0. The Labute approximate surface area is 106 Å². The first-order valence-electron chi connectivity index (χ1n) is 6.79. The van der Waals surface area contributed by atoms with E-state index in [0.29, 0.717) is 5.92 Å². The van der Waals surface area contributed by atoms with Gasteiger partial charge in [-0.05, 0) is 19.3 Å². The van der Waals surface area contributed by atoms with E-state index in [9.17, 15) is 0 Å². The van der Waals surface area contributed by atoms with E-state index in [1.54, 1.807) is 7.11 Å². The summed E-state index contributed by atoms with van der Waals surface area (Å²) < 4.78 is 5.02. The Morgan fingerprint density at radius 1 is 1.18 bits per heavy atom. The third-order valence-corrected chi connectivity index (χ3v) is 2.82. The molecule has 0 unspecified atom stereocenters. The molecule has 0 atom stereocenters. The minimum absolute atomic E-state index is 0.699. The van der Waals surface area contributed by atoms with E-state index in [1.165, 1.54) is 12.8 Å². The molecular formula is C13H29N3O. The molecule has 0 aromatic heterocycles. The van der Waals surface area contributed by atoms with Gasteiger partial charge in [-0.25, -0.2) is 0 Å². The Hall–Kier alpha value is -0.770. The van der Waals surface area contributed by atoms with E-state index >= 15 is 0 Å². The molecule has 0 aliphatic rings. The van der Waals surface area contributed by atoms with Gasteiger partial charge in [-0.2, -0.15) is 0 Å². The van der Waals surface area contributed by atoms with Crippen LogP contribution in [0, 0.1) is 5.92 Å². The Morgan fingerprint density at radius 3 is 2.41 bits per heavy atom. The fraction of sp³-hybridized carbons (Fsp3) is 0.923. The summed E-state index contributed by atoms with van der Waals surface area (Å²) in [5, 5.41) is 6.58.